The van der Waals surface area contributed by atoms with Crippen LogP contribution in [0.25, 0.3) is 0 Å². The van der Waals surface area contributed by atoms with Crippen molar-refractivity contribution in [1.29, 1.82) is 0 Å². The minimum atomic E-state index is 0.374. The van der Waals surface area contributed by atoms with Gasteiger partial charge in [0.2, 0.25) is 0 Å². The summed E-state index contributed by atoms with van der Waals surface area (Å²) < 4.78 is 3.10. The minimum absolute atomic E-state index is 0.374. The van der Waals surface area contributed by atoms with Crippen LogP contribution in [-0.2, 0) is 0 Å². The summed E-state index contributed by atoms with van der Waals surface area (Å²) in [7, 11) is 0. The molecule has 0 unspecified atom stereocenters. The molecule has 64 valence electrons. The molecule has 1 heteroatoms. The molecule has 0 heterocycles. The lowest BCUT2D eigenvalue weighted by atomic mass is 10.1. The van der Waals surface area contributed by atoms with Crippen LogP contribution in [0.2, 0.25) is 9.10 Å². The molecular weight excluding hydrogens is 144 g/mol. The van der Waals surface area contributed by atoms with E-state index in [4.69, 9.17) is 0 Å². The van der Waals surface area contributed by atoms with Gasteiger partial charge in [-0.25, -0.2) is 0 Å². The van der Waals surface area contributed by atoms with Crippen molar-refractivity contribution >= 4 is 20.4 Å². The van der Waals surface area contributed by atoms with Crippen molar-refractivity contribution in [3.63, 3.8) is 0 Å². The highest BCUT2D eigenvalue weighted by atomic mass is 24.5. The molecule has 11 heavy (non-hydrogen) atoms. The topological polar surface area (TPSA) is 0 Å². The fraction of sp³-hybridized carbons (Fsp3) is 1.00. The summed E-state index contributed by atoms with van der Waals surface area (Å²) in [4.78, 5) is 0. The van der Waals surface area contributed by atoms with Crippen molar-refractivity contribution in [3.8, 4) is 0 Å². The second-order valence-corrected chi connectivity index (χ2v) is 6.36. The van der Waals surface area contributed by atoms with Crippen molar-refractivity contribution in [3.05, 3.63) is 0 Å². The van der Waals surface area contributed by atoms with E-state index in [2.05, 4.69) is 20.8 Å². The van der Waals surface area contributed by atoms with Crippen LogP contribution in [0.3, 0.4) is 0 Å². The van der Waals surface area contributed by atoms with Gasteiger partial charge in [-0.05, 0) is 5.92 Å². The molecule has 0 N–H and O–H groups in total. The molecule has 0 rings (SSSR count). The smallest absolute Gasteiger partial charge is 0.149 e. The van der Waals surface area contributed by atoms with Gasteiger partial charge >= 0.3 is 20.4 Å². The third-order valence-electron chi connectivity index (χ3n) is 2.14. The SMILES string of the molecule is C[CH2][Mg][CH2]CCCCC(C)C. The lowest BCUT2D eigenvalue weighted by molar-refractivity contribution is 0.534. The van der Waals surface area contributed by atoms with E-state index < -0.39 is 0 Å². The summed E-state index contributed by atoms with van der Waals surface area (Å²) in [6.45, 7) is 6.97. The van der Waals surface area contributed by atoms with Crippen LogP contribution in [0, 0.1) is 5.92 Å². The van der Waals surface area contributed by atoms with Gasteiger partial charge in [-0.2, -0.15) is 0 Å². The molecule has 0 aliphatic rings. The van der Waals surface area contributed by atoms with Crippen LogP contribution >= 0.6 is 0 Å². The molecule has 0 amide bonds. The van der Waals surface area contributed by atoms with Gasteiger partial charge < -0.3 is 0 Å². The van der Waals surface area contributed by atoms with Gasteiger partial charge in [-0.1, -0.05) is 46.5 Å². The van der Waals surface area contributed by atoms with E-state index in [1.807, 2.05) is 0 Å². The van der Waals surface area contributed by atoms with E-state index in [9.17, 15) is 0 Å². The molecule has 0 aromatic rings. The maximum absolute atomic E-state index is 2.33. The van der Waals surface area contributed by atoms with Gasteiger partial charge in [0, 0.05) is 0 Å². The van der Waals surface area contributed by atoms with E-state index in [0.29, 0.717) is 20.4 Å². The molecule has 0 fully saturated rings. The van der Waals surface area contributed by atoms with E-state index >= 15 is 0 Å². The Labute approximate surface area is 81.9 Å². The Morgan fingerprint density at radius 1 is 1.09 bits per heavy atom. The molecule has 0 nitrogen and oxygen atoms in total. The van der Waals surface area contributed by atoms with Gasteiger partial charge in [-0.3, -0.25) is 0 Å². The summed E-state index contributed by atoms with van der Waals surface area (Å²) >= 11 is 0.374. The Balaban J connectivity index is 2.80. The van der Waals surface area contributed by atoms with Crippen LogP contribution in [0.1, 0.15) is 46.5 Å². The summed E-state index contributed by atoms with van der Waals surface area (Å²) in [6.07, 6.45) is 5.92. The summed E-state index contributed by atoms with van der Waals surface area (Å²) in [5, 5.41) is 0. The average Bonchev–Trinajstić information content (AvgIpc) is 1.96. The van der Waals surface area contributed by atoms with Crippen LogP contribution in [-0.4, -0.2) is 20.4 Å². The number of hydrogen-bond donors (Lipinski definition) is 0. The summed E-state index contributed by atoms with van der Waals surface area (Å²) in [5.41, 5.74) is 0. The molecule has 0 bridgehead atoms. The van der Waals surface area contributed by atoms with Crippen LogP contribution in [0.5, 0.6) is 0 Å². The van der Waals surface area contributed by atoms with Crippen molar-refractivity contribution in [2.45, 2.75) is 55.6 Å². The van der Waals surface area contributed by atoms with E-state index in [0.717, 1.165) is 5.92 Å². The zero-order chi connectivity index (χ0) is 8.53. The van der Waals surface area contributed by atoms with Gasteiger partial charge in [-0.15, -0.1) is 9.10 Å². The van der Waals surface area contributed by atoms with E-state index in [1.54, 1.807) is 4.55 Å². The standard InChI is InChI=1S/C8H17.C2H5.Mg/c1-4-5-6-7-8(2)3;1-2;/h8H,1,4-7H2,2-3H3;1H2,2H3;. The Kier molecular flexibility index (Phi) is 9.48. The molecule has 0 aliphatic carbocycles. The molecule has 0 saturated carbocycles. The first kappa shape index (κ1) is 11.8. The molecule has 0 aromatic carbocycles. The van der Waals surface area contributed by atoms with Crippen molar-refractivity contribution in [2.75, 3.05) is 0 Å². The number of unbranched alkanes of at least 4 members (excludes halogenated alkanes) is 2. The molecule has 0 aromatic heterocycles. The summed E-state index contributed by atoms with van der Waals surface area (Å²) in [6, 6.07) is 0. The van der Waals surface area contributed by atoms with Gasteiger partial charge in [0.25, 0.3) is 0 Å². The monoisotopic (exact) mass is 166 g/mol. The molecule has 0 atom stereocenters. The first-order chi connectivity index (χ1) is 5.27. The molecule has 0 spiro atoms. The average molecular weight is 167 g/mol. The zero-order valence-electron chi connectivity index (χ0n) is 8.53. The highest BCUT2D eigenvalue weighted by molar-refractivity contribution is 6.35. The highest BCUT2D eigenvalue weighted by Crippen LogP contribution is 2.09. The van der Waals surface area contributed by atoms with Gasteiger partial charge in [0.1, 0.15) is 0 Å². The highest BCUT2D eigenvalue weighted by Gasteiger charge is 1.95. The maximum Gasteiger partial charge on any atom is 0.363 e. The minimum Gasteiger partial charge on any atom is -0.149 e. The van der Waals surface area contributed by atoms with E-state index in [1.165, 1.54) is 30.2 Å². The van der Waals surface area contributed by atoms with Gasteiger partial charge in [0.15, 0.2) is 0 Å². The first-order valence-corrected chi connectivity index (χ1v) is 7.27. The fourth-order valence-electron chi connectivity index (χ4n) is 1.33. The summed E-state index contributed by atoms with van der Waals surface area (Å²) in [5.74, 6) is 0.915. The lowest BCUT2D eigenvalue weighted by Gasteiger charge is -2.02. The lowest BCUT2D eigenvalue weighted by Crippen LogP contribution is -1.89. The van der Waals surface area contributed by atoms with E-state index in [-0.39, 0.29) is 0 Å². The fourth-order valence-corrected chi connectivity index (χ4v) is 2.54. The maximum atomic E-state index is 2.33. The van der Waals surface area contributed by atoms with Crippen LogP contribution in [0.4, 0.5) is 0 Å². The number of rotatable bonds is 7. The molecule has 0 radical (unpaired) electrons. The number of hydrogen-bond acceptors (Lipinski definition) is 0. The van der Waals surface area contributed by atoms with Crippen LogP contribution < -0.4 is 0 Å². The molecule has 0 saturated heterocycles. The van der Waals surface area contributed by atoms with Crippen molar-refractivity contribution < 1.29 is 0 Å². The largest absolute Gasteiger partial charge is 0.363 e. The first-order valence-electron chi connectivity index (χ1n) is 5.27. The Bertz CT molecular complexity index is 69.3. The second-order valence-electron chi connectivity index (χ2n) is 3.95. The quantitative estimate of drug-likeness (QED) is 0.399. The van der Waals surface area contributed by atoms with Crippen LogP contribution in [0.15, 0.2) is 0 Å². The molecular formula is C10H22Mg. The Morgan fingerprint density at radius 2 is 1.82 bits per heavy atom. The Morgan fingerprint density at radius 3 is 2.36 bits per heavy atom. The normalized spacial score (nSPS) is 10.2. The Hall–Kier alpha value is 0.766. The molecule has 0 aliphatic heterocycles. The van der Waals surface area contributed by atoms with Crippen molar-refractivity contribution in [2.24, 2.45) is 5.92 Å². The third kappa shape index (κ3) is 10.8. The predicted molar refractivity (Wildman–Crippen MR) is 54.3 cm³/mol. The zero-order valence-corrected chi connectivity index (χ0v) is 9.94. The van der Waals surface area contributed by atoms with Gasteiger partial charge in [0.05, 0.1) is 0 Å². The third-order valence-corrected chi connectivity index (χ3v) is 3.84. The van der Waals surface area contributed by atoms with Crippen molar-refractivity contribution in [1.82, 2.24) is 0 Å². The predicted octanol–water partition coefficient (Wildman–Crippen LogP) is 3.76. The second kappa shape index (κ2) is 8.86.